The molecule has 0 bridgehead atoms. The molecule has 86 valence electrons. The number of piperazine rings is 1. The maximum Gasteiger partial charge on any atom is 0.0443 e. The normalized spacial score (nSPS) is 35.9. The van der Waals surface area contributed by atoms with E-state index in [4.69, 9.17) is 0 Å². The zero-order valence-corrected chi connectivity index (χ0v) is 10.2. The number of hydrogen-bond acceptors (Lipinski definition) is 3. The number of hydrogen-bond donors (Lipinski definition) is 0. The maximum absolute atomic E-state index is 2.51. The molecule has 0 spiro atoms. The standard InChI is InChI=1S/C12H23N3/c1-13-8-9-15(3)12(10-13)11-6-4-5-7-14(11)2/h4,6,11-12H,5,7-10H2,1-3H3. The zero-order chi connectivity index (χ0) is 10.8. The molecule has 2 aliphatic rings. The second kappa shape index (κ2) is 4.64. The first kappa shape index (κ1) is 11.1. The molecule has 3 nitrogen and oxygen atoms in total. The van der Waals surface area contributed by atoms with Crippen molar-refractivity contribution in [3.05, 3.63) is 12.2 Å². The van der Waals surface area contributed by atoms with Crippen LogP contribution in [0.2, 0.25) is 0 Å². The topological polar surface area (TPSA) is 9.72 Å². The van der Waals surface area contributed by atoms with Gasteiger partial charge in [-0.2, -0.15) is 0 Å². The van der Waals surface area contributed by atoms with Gasteiger partial charge in [-0.25, -0.2) is 0 Å². The first-order valence-corrected chi connectivity index (χ1v) is 5.94. The molecule has 0 N–H and O–H groups in total. The lowest BCUT2D eigenvalue weighted by Gasteiger charge is -2.44. The molecule has 3 heteroatoms. The quantitative estimate of drug-likeness (QED) is 0.582. The van der Waals surface area contributed by atoms with Gasteiger partial charge in [0.25, 0.3) is 0 Å². The molecule has 0 aromatic rings. The highest BCUT2D eigenvalue weighted by Gasteiger charge is 2.31. The maximum atomic E-state index is 2.51. The highest BCUT2D eigenvalue weighted by atomic mass is 15.3. The average Bonchev–Trinajstić information content (AvgIpc) is 2.23. The predicted octanol–water partition coefficient (Wildman–Crippen LogP) is 0.493. The van der Waals surface area contributed by atoms with Crippen LogP contribution in [0, 0.1) is 0 Å². The van der Waals surface area contributed by atoms with Crippen LogP contribution in [0.4, 0.5) is 0 Å². The molecular formula is C12H23N3. The van der Waals surface area contributed by atoms with Crippen molar-refractivity contribution in [3.8, 4) is 0 Å². The predicted molar refractivity (Wildman–Crippen MR) is 64.1 cm³/mol. The van der Waals surface area contributed by atoms with Gasteiger partial charge in [-0.3, -0.25) is 9.80 Å². The van der Waals surface area contributed by atoms with E-state index in [-0.39, 0.29) is 0 Å². The van der Waals surface area contributed by atoms with E-state index >= 15 is 0 Å². The summed E-state index contributed by atoms with van der Waals surface area (Å²) in [6.07, 6.45) is 5.94. The zero-order valence-electron chi connectivity index (χ0n) is 10.2. The molecule has 1 fully saturated rings. The molecule has 0 aliphatic carbocycles. The van der Waals surface area contributed by atoms with E-state index in [2.05, 4.69) is 48.0 Å². The van der Waals surface area contributed by atoms with Crippen molar-refractivity contribution in [1.29, 1.82) is 0 Å². The molecule has 0 aromatic carbocycles. The minimum absolute atomic E-state index is 0.603. The van der Waals surface area contributed by atoms with Crippen molar-refractivity contribution < 1.29 is 0 Å². The van der Waals surface area contributed by atoms with Gasteiger partial charge in [0.15, 0.2) is 0 Å². The third-order valence-corrected chi connectivity index (χ3v) is 3.78. The molecule has 2 unspecified atom stereocenters. The van der Waals surface area contributed by atoms with Crippen LogP contribution in [0.1, 0.15) is 6.42 Å². The minimum Gasteiger partial charge on any atom is -0.303 e. The molecule has 2 aliphatic heterocycles. The van der Waals surface area contributed by atoms with Crippen molar-refractivity contribution >= 4 is 0 Å². The Morgan fingerprint density at radius 2 is 1.80 bits per heavy atom. The summed E-state index contributed by atoms with van der Waals surface area (Å²) in [6, 6.07) is 1.26. The molecule has 0 amide bonds. The van der Waals surface area contributed by atoms with Crippen LogP contribution in [0.5, 0.6) is 0 Å². The molecule has 1 saturated heterocycles. The molecule has 2 rings (SSSR count). The Morgan fingerprint density at radius 3 is 2.53 bits per heavy atom. The van der Waals surface area contributed by atoms with Crippen molar-refractivity contribution in [2.45, 2.75) is 18.5 Å². The molecule has 2 heterocycles. The van der Waals surface area contributed by atoms with E-state index in [1.165, 1.54) is 32.6 Å². The van der Waals surface area contributed by atoms with E-state index in [9.17, 15) is 0 Å². The second-order valence-electron chi connectivity index (χ2n) is 5.00. The average molecular weight is 209 g/mol. The highest BCUT2D eigenvalue weighted by molar-refractivity contribution is 5.05. The van der Waals surface area contributed by atoms with E-state index in [0.717, 1.165) is 0 Å². The Bertz CT molecular complexity index is 239. The van der Waals surface area contributed by atoms with Gasteiger partial charge in [0, 0.05) is 38.3 Å². The second-order valence-corrected chi connectivity index (χ2v) is 5.00. The monoisotopic (exact) mass is 209 g/mol. The first-order valence-electron chi connectivity index (χ1n) is 5.94. The number of rotatable bonds is 1. The summed E-state index contributed by atoms with van der Waals surface area (Å²) in [7, 11) is 6.73. The van der Waals surface area contributed by atoms with Crippen LogP contribution in [-0.2, 0) is 0 Å². The summed E-state index contributed by atoms with van der Waals surface area (Å²) in [5.74, 6) is 0. The van der Waals surface area contributed by atoms with Gasteiger partial charge in [-0.15, -0.1) is 0 Å². The van der Waals surface area contributed by atoms with Gasteiger partial charge in [-0.1, -0.05) is 12.2 Å². The van der Waals surface area contributed by atoms with Crippen molar-refractivity contribution in [3.63, 3.8) is 0 Å². The van der Waals surface area contributed by atoms with Gasteiger partial charge in [-0.05, 0) is 27.6 Å². The van der Waals surface area contributed by atoms with Crippen molar-refractivity contribution in [2.24, 2.45) is 0 Å². The summed E-state index contributed by atoms with van der Waals surface area (Å²) in [5, 5.41) is 0. The highest BCUT2D eigenvalue weighted by Crippen LogP contribution is 2.18. The van der Waals surface area contributed by atoms with Crippen LogP contribution >= 0.6 is 0 Å². The molecule has 2 atom stereocenters. The smallest absolute Gasteiger partial charge is 0.0443 e. The van der Waals surface area contributed by atoms with Crippen molar-refractivity contribution in [1.82, 2.24) is 14.7 Å². The van der Waals surface area contributed by atoms with Gasteiger partial charge in [0.05, 0.1) is 0 Å². The summed E-state index contributed by atoms with van der Waals surface area (Å²) in [4.78, 5) is 7.44. The Hall–Kier alpha value is -0.380. The van der Waals surface area contributed by atoms with E-state index in [0.29, 0.717) is 12.1 Å². The third-order valence-electron chi connectivity index (χ3n) is 3.78. The van der Waals surface area contributed by atoms with Crippen LogP contribution < -0.4 is 0 Å². The lowest BCUT2D eigenvalue weighted by Crippen LogP contribution is -2.58. The SMILES string of the molecule is CN1CCN(C)C(C2C=CCCN2C)C1. The summed E-state index contributed by atoms with van der Waals surface area (Å²) in [5.41, 5.74) is 0. The van der Waals surface area contributed by atoms with Crippen LogP contribution in [0.25, 0.3) is 0 Å². The molecule has 15 heavy (non-hydrogen) atoms. The van der Waals surface area contributed by atoms with Crippen LogP contribution in [-0.4, -0.2) is 74.1 Å². The number of likely N-dealkylation sites (N-methyl/N-ethyl adjacent to an activating group) is 3. The molecule has 0 saturated carbocycles. The van der Waals surface area contributed by atoms with Crippen LogP contribution in [0.15, 0.2) is 12.2 Å². The van der Waals surface area contributed by atoms with Gasteiger partial charge in [0.1, 0.15) is 0 Å². The van der Waals surface area contributed by atoms with Gasteiger partial charge in [0.2, 0.25) is 0 Å². The summed E-state index contributed by atoms with van der Waals surface area (Å²) in [6.45, 7) is 4.79. The third kappa shape index (κ3) is 2.41. The number of nitrogens with zero attached hydrogens (tertiary/aromatic N) is 3. The van der Waals surface area contributed by atoms with Crippen LogP contribution in [0.3, 0.4) is 0 Å². The Labute approximate surface area is 93.3 Å². The first-order chi connectivity index (χ1) is 7.18. The van der Waals surface area contributed by atoms with Gasteiger partial charge < -0.3 is 4.90 Å². The minimum atomic E-state index is 0.603. The van der Waals surface area contributed by atoms with E-state index in [1.807, 2.05) is 0 Å². The Balaban J connectivity index is 2.06. The summed E-state index contributed by atoms with van der Waals surface area (Å²) >= 11 is 0. The van der Waals surface area contributed by atoms with Gasteiger partial charge >= 0.3 is 0 Å². The molecular weight excluding hydrogens is 186 g/mol. The van der Waals surface area contributed by atoms with E-state index in [1.54, 1.807) is 0 Å². The molecule has 0 radical (unpaired) electrons. The fraction of sp³-hybridized carbons (Fsp3) is 0.833. The Morgan fingerprint density at radius 1 is 1.00 bits per heavy atom. The van der Waals surface area contributed by atoms with E-state index < -0.39 is 0 Å². The fourth-order valence-electron chi connectivity index (χ4n) is 2.64. The largest absolute Gasteiger partial charge is 0.303 e. The lowest BCUT2D eigenvalue weighted by molar-refractivity contribution is 0.0629. The molecule has 0 aromatic heterocycles. The summed E-state index contributed by atoms with van der Waals surface area (Å²) < 4.78 is 0. The van der Waals surface area contributed by atoms with Crippen molar-refractivity contribution in [2.75, 3.05) is 47.3 Å². The lowest BCUT2D eigenvalue weighted by atomic mass is 9.99. The Kier molecular flexibility index (Phi) is 3.44. The fourth-order valence-corrected chi connectivity index (χ4v) is 2.64.